The lowest BCUT2D eigenvalue weighted by Crippen LogP contribution is -2.44. The Hall–Kier alpha value is -2.72. The molecule has 34 heavy (non-hydrogen) atoms. The van der Waals surface area contributed by atoms with Gasteiger partial charge in [-0.15, -0.1) is 0 Å². The van der Waals surface area contributed by atoms with Crippen LogP contribution in [0.2, 0.25) is 0 Å². The number of carbonyl (C=O) groups is 1. The normalized spacial score (nSPS) is 21.7. The topological polar surface area (TPSA) is 114 Å². The van der Waals surface area contributed by atoms with Gasteiger partial charge in [-0.2, -0.15) is 0 Å². The van der Waals surface area contributed by atoms with E-state index in [1.807, 2.05) is 30.3 Å². The summed E-state index contributed by atoms with van der Waals surface area (Å²) in [5.41, 5.74) is 1.98. The fourth-order valence-corrected chi connectivity index (χ4v) is 5.71. The highest BCUT2D eigenvalue weighted by molar-refractivity contribution is 7.91. The molecule has 2 N–H and O–H groups in total. The number of benzene rings is 1. The molecule has 2 heterocycles. The highest BCUT2D eigenvalue weighted by Crippen LogP contribution is 2.52. The molecule has 1 aromatic carbocycles. The van der Waals surface area contributed by atoms with Gasteiger partial charge < -0.3 is 20.3 Å². The Morgan fingerprint density at radius 3 is 2.56 bits per heavy atom. The summed E-state index contributed by atoms with van der Waals surface area (Å²) in [4.78, 5) is 23.8. The van der Waals surface area contributed by atoms with Crippen LogP contribution in [0.4, 0.5) is 16.3 Å². The molecule has 2 saturated carbocycles. The molecule has 9 nitrogen and oxygen atoms in total. The van der Waals surface area contributed by atoms with Crippen molar-refractivity contribution in [1.82, 2.24) is 15.3 Å². The van der Waals surface area contributed by atoms with Crippen LogP contribution < -0.4 is 15.5 Å². The van der Waals surface area contributed by atoms with E-state index in [1.54, 1.807) is 0 Å². The Bertz CT molecular complexity index is 1180. The van der Waals surface area contributed by atoms with Crippen LogP contribution in [0.5, 0.6) is 0 Å². The number of morpholine rings is 1. The average molecular weight is 486 g/mol. The molecule has 0 spiro atoms. The van der Waals surface area contributed by atoms with Gasteiger partial charge in [0.05, 0.1) is 24.9 Å². The SMILES string of the molecule is C[C@H]1COCCN1c1cc(C2(S(C)(=O)=O)CC2)nc(-c2ccc(NC(=O)NCC3CC3)cc2)n1. The third-order valence-corrected chi connectivity index (χ3v) is 8.94. The molecule has 5 rings (SSSR count). The summed E-state index contributed by atoms with van der Waals surface area (Å²) >= 11 is 0. The van der Waals surface area contributed by atoms with Crippen molar-refractivity contribution in [1.29, 1.82) is 0 Å². The van der Waals surface area contributed by atoms with Crippen LogP contribution in [0.15, 0.2) is 30.3 Å². The van der Waals surface area contributed by atoms with E-state index in [9.17, 15) is 13.2 Å². The number of amides is 2. The predicted molar refractivity (Wildman–Crippen MR) is 131 cm³/mol. The minimum atomic E-state index is -3.32. The zero-order valence-electron chi connectivity index (χ0n) is 19.6. The summed E-state index contributed by atoms with van der Waals surface area (Å²) < 4.78 is 29.9. The van der Waals surface area contributed by atoms with Crippen molar-refractivity contribution < 1.29 is 17.9 Å². The molecule has 1 atom stereocenters. The number of hydrogen-bond donors (Lipinski definition) is 2. The van der Waals surface area contributed by atoms with Crippen LogP contribution in [-0.4, -0.2) is 63.0 Å². The second kappa shape index (κ2) is 8.81. The fraction of sp³-hybridized carbons (Fsp3) is 0.542. The molecule has 0 unspecified atom stereocenters. The molecule has 2 aromatic rings. The number of aromatic nitrogens is 2. The lowest BCUT2D eigenvalue weighted by Gasteiger charge is -2.34. The first-order chi connectivity index (χ1) is 16.2. The maximum Gasteiger partial charge on any atom is 0.319 e. The Labute approximate surface area is 200 Å². The average Bonchev–Trinajstić information content (AvgIpc) is 3.72. The van der Waals surface area contributed by atoms with E-state index in [4.69, 9.17) is 14.7 Å². The summed E-state index contributed by atoms with van der Waals surface area (Å²) in [5.74, 6) is 1.81. The largest absolute Gasteiger partial charge is 0.377 e. The van der Waals surface area contributed by atoms with Gasteiger partial charge in [0.2, 0.25) is 0 Å². The van der Waals surface area contributed by atoms with Crippen molar-refractivity contribution >= 4 is 27.4 Å². The lowest BCUT2D eigenvalue weighted by molar-refractivity contribution is 0.0985. The quantitative estimate of drug-likeness (QED) is 0.620. The second-order valence-electron chi connectivity index (χ2n) is 9.67. The minimum Gasteiger partial charge on any atom is -0.377 e. The van der Waals surface area contributed by atoms with Crippen LogP contribution in [0.3, 0.4) is 0 Å². The van der Waals surface area contributed by atoms with Gasteiger partial charge in [-0.05, 0) is 62.8 Å². The summed E-state index contributed by atoms with van der Waals surface area (Å²) in [6, 6.07) is 9.05. The molecule has 182 valence electrons. The van der Waals surface area contributed by atoms with Crippen molar-refractivity contribution in [3.63, 3.8) is 0 Å². The zero-order valence-corrected chi connectivity index (χ0v) is 20.4. The van der Waals surface area contributed by atoms with Gasteiger partial charge in [-0.1, -0.05) is 0 Å². The number of nitrogens with zero attached hydrogens (tertiary/aromatic N) is 3. The summed E-state index contributed by atoms with van der Waals surface area (Å²) in [7, 11) is -3.32. The molecule has 3 aliphatic rings. The van der Waals surface area contributed by atoms with E-state index >= 15 is 0 Å². The molecule has 2 aliphatic carbocycles. The molecule has 1 aliphatic heterocycles. The Balaban J connectivity index is 1.43. The molecular weight excluding hydrogens is 454 g/mol. The Morgan fingerprint density at radius 1 is 1.21 bits per heavy atom. The van der Waals surface area contributed by atoms with Crippen LogP contribution >= 0.6 is 0 Å². The van der Waals surface area contributed by atoms with E-state index in [0.717, 1.165) is 5.56 Å². The molecule has 3 fully saturated rings. The Morgan fingerprint density at radius 2 is 1.94 bits per heavy atom. The number of rotatable bonds is 7. The van der Waals surface area contributed by atoms with Crippen LogP contribution in [0.1, 0.15) is 38.3 Å². The van der Waals surface area contributed by atoms with E-state index in [1.165, 1.54) is 19.1 Å². The van der Waals surface area contributed by atoms with Crippen molar-refractivity contribution in [2.45, 2.75) is 43.4 Å². The number of ether oxygens (including phenoxy) is 1. The maximum absolute atomic E-state index is 12.6. The number of sulfone groups is 1. The molecule has 1 aromatic heterocycles. The molecule has 10 heteroatoms. The van der Waals surface area contributed by atoms with Gasteiger partial charge in [0.15, 0.2) is 15.7 Å². The van der Waals surface area contributed by atoms with Crippen LogP contribution in [0.25, 0.3) is 11.4 Å². The van der Waals surface area contributed by atoms with Crippen molar-refractivity contribution in [3.05, 3.63) is 36.0 Å². The molecular formula is C24H31N5O4S. The van der Waals surface area contributed by atoms with Crippen molar-refractivity contribution in [3.8, 4) is 11.4 Å². The van der Waals surface area contributed by atoms with Crippen molar-refractivity contribution in [2.24, 2.45) is 5.92 Å². The first-order valence-electron chi connectivity index (χ1n) is 11.8. The standard InChI is InChI=1S/C24H31N5O4S/c1-16-15-33-12-11-29(16)21-13-20(24(9-10-24)34(2,31)32)27-22(28-21)18-5-7-19(8-6-18)26-23(30)25-14-17-3-4-17/h5-8,13,16-17H,3-4,9-12,14-15H2,1-2H3,(H2,25,26,30)/t16-/m0/s1. The maximum atomic E-state index is 12.6. The van der Waals surface area contributed by atoms with Gasteiger partial charge in [-0.3, -0.25) is 0 Å². The molecule has 0 radical (unpaired) electrons. The monoisotopic (exact) mass is 485 g/mol. The van der Waals surface area contributed by atoms with E-state index < -0.39 is 14.6 Å². The van der Waals surface area contributed by atoms with Gasteiger partial charge >= 0.3 is 6.03 Å². The highest BCUT2D eigenvalue weighted by Gasteiger charge is 2.55. The Kier molecular flexibility index (Phi) is 5.97. The summed E-state index contributed by atoms with van der Waals surface area (Å²) in [5, 5.41) is 5.73. The van der Waals surface area contributed by atoms with E-state index in [2.05, 4.69) is 22.5 Å². The first kappa shape index (κ1) is 23.0. The van der Waals surface area contributed by atoms with Gasteiger partial charge in [0.1, 0.15) is 10.6 Å². The third-order valence-electron chi connectivity index (χ3n) is 6.90. The lowest BCUT2D eigenvalue weighted by atomic mass is 10.1. The number of hydrogen-bond acceptors (Lipinski definition) is 7. The number of urea groups is 1. The third kappa shape index (κ3) is 4.74. The van der Waals surface area contributed by atoms with Gasteiger partial charge in [-0.25, -0.2) is 23.2 Å². The van der Waals surface area contributed by atoms with Gasteiger partial charge in [0, 0.05) is 36.7 Å². The summed E-state index contributed by atoms with van der Waals surface area (Å²) in [6.07, 6.45) is 4.78. The number of anilines is 2. The van der Waals surface area contributed by atoms with E-state index in [0.29, 0.717) is 68.1 Å². The second-order valence-corrected chi connectivity index (χ2v) is 12.0. The highest BCUT2D eigenvalue weighted by atomic mass is 32.2. The summed E-state index contributed by atoms with van der Waals surface area (Å²) in [6.45, 7) is 4.64. The molecule has 1 saturated heterocycles. The zero-order chi connectivity index (χ0) is 23.9. The number of carbonyl (C=O) groups excluding carboxylic acids is 1. The van der Waals surface area contributed by atoms with Crippen molar-refractivity contribution in [2.75, 3.05) is 42.8 Å². The fourth-order valence-electron chi connectivity index (χ4n) is 4.38. The minimum absolute atomic E-state index is 0.124. The predicted octanol–water partition coefficient (Wildman–Crippen LogP) is 2.93. The van der Waals surface area contributed by atoms with Crippen LogP contribution in [0, 0.1) is 5.92 Å². The van der Waals surface area contributed by atoms with Gasteiger partial charge in [0.25, 0.3) is 0 Å². The smallest absolute Gasteiger partial charge is 0.319 e. The van der Waals surface area contributed by atoms with E-state index in [-0.39, 0.29) is 12.1 Å². The number of nitrogens with one attached hydrogen (secondary N) is 2. The molecule has 0 bridgehead atoms. The first-order valence-corrected chi connectivity index (χ1v) is 13.7. The van der Waals surface area contributed by atoms with Crippen LogP contribution in [-0.2, 0) is 19.3 Å². The molecule has 2 amide bonds.